The van der Waals surface area contributed by atoms with Crippen LogP contribution >= 0.6 is 0 Å². The molecule has 4 heterocycles. The van der Waals surface area contributed by atoms with Gasteiger partial charge in [0.2, 0.25) is 5.71 Å². The molecule has 7 heteroatoms. The molecule has 5 nitrogen and oxygen atoms in total. The summed E-state index contributed by atoms with van der Waals surface area (Å²) in [6, 6.07) is 52.2. The van der Waals surface area contributed by atoms with Crippen molar-refractivity contribution in [2.45, 2.75) is 44.0 Å². The van der Waals surface area contributed by atoms with E-state index >= 15 is 0 Å². The molecule has 55 heavy (non-hydrogen) atoms. The van der Waals surface area contributed by atoms with Gasteiger partial charge in [-0.1, -0.05) is 65.5 Å². The summed E-state index contributed by atoms with van der Waals surface area (Å²) in [4.78, 5) is 14.3. The second-order valence-corrected chi connectivity index (χ2v) is 25.6. The molecule has 0 unspecified atom stereocenters. The quantitative estimate of drug-likeness (QED) is 0.123. The maximum absolute atomic E-state index is 6.29. The Morgan fingerprint density at radius 1 is 0.709 bits per heavy atom. The minimum atomic E-state index is -1.85. The van der Waals surface area contributed by atoms with Crippen LogP contribution in [-0.2, 0) is 20.1 Å². The van der Waals surface area contributed by atoms with Crippen molar-refractivity contribution in [3.63, 3.8) is 0 Å². The van der Waals surface area contributed by atoms with Crippen LogP contribution in [0.25, 0.3) is 72.6 Å². The molecule has 0 saturated heterocycles. The summed E-state index contributed by atoms with van der Waals surface area (Å²) >= 11 is -1.85. The number of pyridine rings is 2. The third-order valence-electron chi connectivity index (χ3n) is 9.81. The molecule has 9 rings (SSSR count). The Bertz CT molecular complexity index is 2730. The third kappa shape index (κ3) is 7.72. The molecule has 275 valence electrons. The molecule has 0 aliphatic rings. The van der Waals surface area contributed by atoms with Gasteiger partial charge < -0.3 is 8.98 Å². The SMILES string of the molecule is CC(C)c1cc(-c2[c-]cccc2)nc[c]1[Ge]([CH3])([CH3])[CH3].Cc1ccc2c(n1)oc1c(-c3nc4ccccc4n3-c3ccc(-c4ccccc4)cc3)[c-]ccc12.[Ir]. The zero-order chi connectivity index (χ0) is 37.4. The Balaban J connectivity index is 0.000000199. The summed E-state index contributed by atoms with van der Waals surface area (Å²) in [5.74, 6) is 8.62. The van der Waals surface area contributed by atoms with Crippen LogP contribution < -0.4 is 4.40 Å². The Labute approximate surface area is 339 Å². The summed E-state index contributed by atoms with van der Waals surface area (Å²) in [7, 11) is 0. The van der Waals surface area contributed by atoms with E-state index < -0.39 is 13.3 Å². The summed E-state index contributed by atoms with van der Waals surface area (Å²) < 4.78 is 9.99. The van der Waals surface area contributed by atoms with Gasteiger partial charge >= 0.3 is 119 Å². The van der Waals surface area contributed by atoms with Gasteiger partial charge in [0.1, 0.15) is 0 Å². The fraction of sp³-hybridized carbons (Fsp3) is 0.146. The number of fused-ring (bicyclic) bond motifs is 4. The van der Waals surface area contributed by atoms with Crippen molar-refractivity contribution in [3.8, 4) is 39.5 Å². The van der Waals surface area contributed by atoms with E-state index in [1.807, 2.05) is 67.6 Å². The van der Waals surface area contributed by atoms with E-state index in [2.05, 4.69) is 137 Å². The van der Waals surface area contributed by atoms with Gasteiger partial charge in [-0.3, -0.25) is 4.98 Å². The maximum atomic E-state index is 6.29. The third-order valence-corrected chi connectivity index (χ3v) is 14.1. The van der Waals surface area contributed by atoms with Gasteiger partial charge in [0.25, 0.3) is 0 Å². The summed E-state index contributed by atoms with van der Waals surface area (Å²) in [6.07, 6.45) is 2.12. The van der Waals surface area contributed by atoms with Crippen LogP contribution in [0.4, 0.5) is 0 Å². The molecule has 0 amide bonds. The number of hydrogen-bond donors (Lipinski definition) is 0. The first kappa shape index (κ1) is 38.1. The van der Waals surface area contributed by atoms with Crippen molar-refractivity contribution in [2.75, 3.05) is 0 Å². The van der Waals surface area contributed by atoms with E-state index in [4.69, 9.17) is 9.40 Å². The first-order valence-electron chi connectivity index (χ1n) is 18.5. The second-order valence-electron chi connectivity index (χ2n) is 15.0. The molecule has 4 aromatic heterocycles. The fourth-order valence-electron chi connectivity index (χ4n) is 7.04. The van der Waals surface area contributed by atoms with Crippen LogP contribution in [0.1, 0.15) is 31.0 Å². The number of rotatable bonds is 6. The Morgan fingerprint density at radius 3 is 2.16 bits per heavy atom. The summed E-state index contributed by atoms with van der Waals surface area (Å²) in [6.45, 7) is 6.51. The van der Waals surface area contributed by atoms with Crippen molar-refractivity contribution < 1.29 is 24.5 Å². The van der Waals surface area contributed by atoms with Gasteiger partial charge in [-0.25, -0.2) is 4.98 Å². The smallest absolute Gasteiger partial charge is 0.216 e. The Hall–Kier alpha value is -5.14. The number of para-hydroxylation sites is 2. The molecule has 5 aromatic carbocycles. The molecular weight excluding hydrogens is 913 g/mol. The summed E-state index contributed by atoms with van der Waals surface area (Å²) in [5, 5.41) is 2.01. The normalized spacial score (nSPS) is 11.5. The molecule has 0 aliphatic heterocycles. The van der Waals surface area contributed by atoms with Crippen LogP contribution in [-0.4, -0.2) is 32.8 Å². The fourth-order valence-corrected chi connectivity index (χ4v) is 10.6. The first-order valence-corrected chi connectivity index (χ1v) is 25.8. The molecular formula is C48H42GeIrN4O-2. The molecule has 9 aromatic rings. The Kier molecular flexibility index (Phi) is 11.0. The van der Waals surface area contributed by atoms with Gasteiger partial charge in [-0.05, 0) is 54.4 Å². The number of imidazole rings is 1. The van der Waals surface area contributed by atoms with E-state index in [9.17, 15) is 0 Å². The molecule has 0 N–H and O–H groups in total. The molecule has 0 saturated carbocycles. The average molecular weight is 956 g/mol. The van der Waals surface area contributed by atoms with Crippen molar-refractivity contribution in [1.29, 1.82) is 0 Å². The zero-order valence-electron chi connectivity index (χ0n) is 31.9. The summed E-state index contributed by atoms with van der Waals surface area (Å²) in [5.41, 5.74) is 12.1. The Morgan fingerprint density at radius 2 is 1.44 bits per heavy atom. The molecule has 0 spiro atoms. The van der Waals surface area contributed by atoms with Gasteiger partial charge in [-0.15, -0.1) is 18.2 Å². The predicted molar refractivity (Wildman–Crippen MR) is 226 cm³/mol. The monoisotopic (exact) mass is 957 g/mol. The van der Waals surface area contributed by atoms with E-state index in [0.29, 0.717) is 11.6 Å². The minimum Gasteiger partial charge on any atom is -0.486 e. The van der Waals surface area contributed by atoms with Crippen LogP contribution in [0.3, 0.4) is 0 Å². The van der Waals surface area contributed by atoms with Crippen molar-refractivity contribution in [1.82, 2.24) is 19.5 Å². The number of aryl methyl sites for hydroxylation is 1. The van der Waals surface area contributed by atoms with Crippen LogP contribution in [0.2, 0.25) is 17.3 Å². The topological polar surface area (TPSA) is 56.7 Å². The number of benzene rings is 5. The van der Waals surface area contributed by atoms with Crippen LogP contribution in [0.5, 0.6) is 0 Å². The van der Waals surface area contributed by atoms with E-state index in [-0.39, 0.29) is 20.1 Å². The largest absolute Gasteiger partial charge is 0.486 e. The number of nitrogens with zero attached hydrogens (tertiary/aromatic N) is 4. The van der Waals surface area contributed by atoms with Crippen LogP contribution in [0, 0.1) is 19.1 Å². The molecule has 0 fully saturated rings. The van der Waals surface area contributed by atoms with E-state index in [0.717, 1.165) is 61.4 Å². The van der Waals surface area contributed by atoms with E-state index in [1.165, 1.54) is 21.1 Å². The average Bonchev–Trinajstić information content (AvgIpc) is 3.76. The maximum Gasteiger partial charge on any atom is 0.216 e. The van der Waals surface area contributed by atoms with Gasteiger partial charge in [0.05, 0.1) is 22.4 Å². The van der Waals surface area contributed by atoms with Gasteiger partial charge in [0, 0.05) is 36.9 Å². The van der Waals surface area contributed by atoms with Crippen molar-refractivity contribution >= 4 is 50.8 Å². The number of hydrogen-bond acceptors (Lipinski definition) is 4. The predicted octanol–water partition coefficient (Wildman–Crippen LogP) is 12.0. The van der Waals surface area contributed by atoms with Crippen molar-refractivity contribution in [3.05, 3.63) is 163 Å². The minimum absolute atomic E-state index is 0. The molecule has 1 radical (unpaired) electrons. The van der Waals surface area contributed by atoms with Gasteiger partial charge in [-0.2, -0.15) is 0 Å². The van der Waals surface area contributed by atoms with Gasteiger partial charge in [0.15, 0.2) is 0 Å². The first-order chi connectivity index (χ1) is 26.2. The second kappa shape index (κ2) is 15.9. The van der Waals surface area contributed by atoms with Crippen molar-refractivity contribution in [2.24, 2.45) is 0 Å². The number of aromatic nitrogens is 4. The number of furan rings is 1. The zero-order valence-corrected chi connectivity index (χ0v) is 36.4. The standard InChI is InChI=1S/C31H20N3O.C17H22GeN.Ir/c1-20-14-19-25-24-10-7-11-26(29(24)35-31(25)32-20)30-33-27-12-5-6-13-28(27)34(30)23-17-15-22(16-18-23)21-8-3-2-4-9-21;1-13(2)15-11-17(14-9-7-6-8-10-14)19-12-16(15)18(3,4)5;/h2-10,12-19H,1H3;6-9,11-13H,1-5H3;/q2*-1;. The van der Waals surface area contributed by atoms with Crippen LogP contribution in [0.15, 0.2) is 144 Å². The van der Waals surface area contributed by atoms with E-state index in [1.54, 1.807) is 0 Å². The molecule has 0 aliphatic carbocycles. The molecule has 0 atom stereocenters. The molecule has 0 bridgehead atoms.